The number of aryl methyl sites for hydroxylation is 2. The van der Waals surface area contributed by atoms with E-state index in [9.17, 15) is 0 Å². The summed E-state index contributed by atoms with van der Waals surface area (Å²) in [4.78, 5) is 0. The fraction of sp³-hybridized carbons (Fsp3) is 0.286. The number of hydrogen-bond donors (Lipinski definition) is 0. The molecule has 0 amide bonds. The minimum absolute atomic E-state index is 0.900. The molecular formula is C14H16O2. The third-order valence-corrected chi connectivity index (χ3v) is 2.72. The molecule has 0 bridgehead atoms. The van der Waals surface area contributed by atoms with Crippen LogP contribution in [0.15, 0.2) is 24.3 Å². The minimum Gasteiger partial charge on any atom is -0.496 e. The molecule has 0 saturated carbocycles. The lowest BCUT2D eigenvalue weighted by Gasteiger charge is -2.11. The Hall–Kier alpha value is -1.70. The molecule has 2 aromatic carbocycles. The molecule has 0 aliphatic carbocycles. The fourth-order valence-corrected chi connectivity index (χ4v) is 2.01. The van der Waals surface area contributed by atoms with Crippen LogP contribution in [0.25, 0.3) is 10.8 Å². The maximum absolute atomic E-state index is 5.41. The van der Waals surface area contributed by atoms with Gasteiger partial charge in [0, 0.05) is 10.8 Å². The van der Waals surface area contributed by atoms with E-state index in [4.69, 9.17) is 9.47 Å². The predicted molar refractivity (Wildman–Crippen MR) is 66.5 cm³/mol. The monoisotopic (exact) mass is 216 g/mol. The Balaban J connectivity index is 2.87. The predicted octanol–water partition coefficient (Wildman–Crippen LogP) is 3.47. The summed E-state index contributed by atoms with van der Waals surface area (Å²) in [5, 5.41) is 2.20. The van der Waals surface area contributed by atoms with Gasteiger partial charge in [0.2, 0.25) is 0 Å². The number of rotatable bonds is 2. The number of ether oxygens (including phenoxy) is 2. The van der Waals surface area contributed by atoms with Gasteiger partial charge in [0.1, 0.15) is 11.5 Å². The second-order valence-corrected chi connectivity index (χ2v) is 4.03. The molecule has 2 rings (SSSR count). The number of methoxy groups -OCH3 is 2. The highest BCUT2D eigenvalue weighted by Crippen LogP contribution is 2.34. The van der Waals surface area contributed by atoms with Crippen molar-refractivity contribution in [1.29, 1.82) is 0 Å². The molecule has 2 nitrogen and oxygen atoms in total. The lowest BCUT2D eigenvalue weighted by Crippen LogP contribution is -1.91. The van der Waals surface area contributed by atoms with Crippen molar-refractivity contribution in [3.8, 4) is 11.5 Å². The zero-order valence-electron chi connectivity index (χ0n) is 10.1. The normalized spacial score (nSPS) is 10.5. The third-order valence-electron chi connectivity index (χ3n) is 2.72. The molecule has 0 atom stereocenters. The lowest BCUT2D eigenvalue weighted by atomic mass is 10.0. The van der Waals surface area contributed by atoms with E-state index in [1.165, 1.54) is 11.1 Å². The maximum Gasteiger partial charge on any atom is 0.127 e. The smallest absolute Gasteiger partial charge is 0.127 e. The van der Waals surface area contributed by atoms with Crippen molar-refractivity contribution in [2.75, 3.05) is 14.2 Å². The average molecular weight is 216 g/mol. The Morgan fingerprint density at radius 1 is 0.688 bits per heavy atom. The highest BCUT2D eigenvalue weighted by Gasteiger charge is 2.08. The second kappa shape index (κ2) is 4.05. The van der Waals surface area contributed by atoms with E-state index in [2.05, 4.69) is 26.0 Å². The van der Waals surface area contributed by atoms with Crippen molar-refractivity contribution in [3.63, 3.8) is 0 Å². The van der Waals surface area contributed by atoms with Gasteiger partial charge in [0.25, 0.3) is 0 Å². The highest BCUT2D eigenvalue weighted by atomic mass is 16.5. The minimum atomic E-state index is 0.900. The van der Waals surface area contributed by atoms with E-state index in [1.807, 2.05) is 12.1 Å². The van der Waals surface area contributed by atoms with Crippen LogP contribution in [-0.4, -0.2) is 14.2 Å². The van der Waals surface area contributed by atoms with Gasteiger partial charge in [0.15, 0.2) is 0 Å². The average Bonchev–Trinajstić information content (AvgIpc) is 2.27. The summed E-state index contributed by atoms with van der Waals surface area (Å²) in [6, 6.07) is 8.33. The van der Waals surface area contributed by atoms with Crippen molar-refractivity contribution in [1.82, 2.24) is 0 Å². The topological polar surface area (TPSA) is 18.5 Å². The van der Waals surface area contributed by atoms with Gasteiger partial charge in [0.05, 0.1) is 14.2 Å². The summed E-state index contributed by atoms with van der Waals surface area (Å²) >= 11 is 0. The van der Waals surface area contributed by atoms with Crippen molar-refractivity contribution >= 4 is 10.8 Å². The van der Waals surface area contributed by atoms with Crippen LogP contribution < -0.4 is 9.47 Å². The van der Waals surface area contributed by atoms with E-state index in [0.29, 0.717) is 0 Å². The SMILES string of the molecule is COc1cc(C)cc2c(OC)cc(C)cc12. The fourth-order valence-electron chi connectivity index (χ4n) is 2.01. The first kappa shape index (κ1) is 10.8. The Bertz CT molecular complexity index is 480. The van der Waals surface area contributed by atoms with Gasteiger partial charge >= 0.3 is 0 Å². The molecule has 0 aliphatic rings. The van der Waals surface area contributed by atoms with Crippen LogP contribution in [-0.2, 0) is 0 Å². The largest absolute Gasteiger partial charge is 0.496 e. The van der Waals surface area contributed by atoms with Crippen LogP contribution in [0.1, 0.15) is 11.1 Å². The van der Waals surface area contributed by atoms with Gasteiger partial charge in [-0.1, -0.05) is 0 Å². The van der Waals surface area contributed by atoms with Gasteiger partial charge < -0.3 is 9.47 Å². The molecule has 84 valence electrons. The Kier molecular flexibility index (Phi) is 2.73. The van der Waals surface area contributed by atoms with Crippen LogP contribution in [0.2, 0.25) is 0 Å². The summed E-state index contributed by atoms with van der Waals surface area (Å²) in [6.45, 7) is 4.11. The van der Waals surface area contributed by atoms with Gasteiger partial charge in [-0.25, -0.2) is 0 Å². The van der Waals surface area contributed by atoms with E-state index in [1.54, 1.807) is 14.2 Å². The summed E-state index contributed by atoms with van der Waals surface area (Å²) in [5.74, 6) is 1.80. The molecule has 0 saturated heterocycles. The zero-order valence-corrected chi connectivity index (χ0v) is 10.1. The van der Waals surface area contributed by atoms with Crippen molar-refractivity contribution in [3.05, 3.63) is 35.4 Å². The van der Waals surface area contributed by atoms with E-state index in [0.717, 1.165) is 22.3 Å². The van der Waals surface area contributed by atoms with Gasteiger partial charge in [-0.3, -0.25) is 0 Å². The maximum atomic E-state index is 5.41. The number of fused-ring (bicyclic) bond motifs is 1. The molecular weight excluding hydrogens is 200 g/mol. The molecule has 0 heterocycles. The van der Waals surface area contributed by atoms with Crippen molar-refractivity contribution < 1.29 is 9.47 Å². The molecule has 0 aliphatic heterocycles. The molecule has 0 unspecified atom stereocenters. The Labute approximate surface area is 95.8 Å². The first-order chi connectivity index (χ1) is 7.65. The summed E-state index contributed by atoms with van der Waals surface area (Å²) in [6.07, 6.45) is 0. The van der Waals surface area contributed by atoms with Crippen LogP contribution >= 0.6 is 0 Å². The molecule has 0 spiro atoms. The van der Waals surface area contributed by atoms with E-state index >= 15 is 0 Å². The first-order valence-electron chi connectivity index (χ1n) is 5.28. The third kappa shape index (κ3) is 1.71. The molecule has 0 N–H and O–H groups in total. The molecule has 0 fully saturated rings. The van der Waals surface area contributed by atoms with Crippen LogP contribution in [0.5, 0.6) is 11.5 Å². The van der Waals surface area contributed by atoms with Crippen molar-refractivity contribution in [2.45, 2.75) is 13.8 Å². The molecule has 16 heavy (non-hydrogen) atoms. The summed E-state index contributed by atoms with van der Waals surface area (Å²) < 4.78 is 10.8. The standard InChI is InChI=1S/C14H16O2/c1-9-5-11-12(13(7-9)15-3)6-10(2)8-14(11)16-4/h5-8H,1-4H3. The van der Waals surface area contributed by atoms with Crippen LogP contribution in [0.3, 0.4) is 0 Å². The van der Waals surface area contributed by atoms with Crippen LogP contribution in [0.4, 0.5) is 0 Å². The van der Waals surface area contributed by atoms with Gasteiger partial charge in [-0.15, -0.1) is 0 Å². The molecule has 0 radical (unpaired) electrons. The number of benzene rings is 2. The number of hydrogen-bond acceptors (Lipinski definition) is 2. The molecule has 2 aromatic rings. The quantitative estimate of drug-likeness (QED) is 0.765. The summed E-state index contributed by atoms with van der Waals surface area (Å²) in [7, 11) is 3.39. The lowest BCUT2D eigenvalue weighted by molar-refractivity contribution is 0.415. The van der Waals surface area contributed by atoms with Crippen LogP contribution in [0, 0.1) is 13.8 Å². The zero-order chi connectivity index (χ0) is 11.7. The summed E-state index contributed by atoms with van der Waals surface area (Å²) in [5.41, 5.74) is 2.35. The Morgan fingerprint density at radius 3 is 1.38 bits per heavy atom. The first-order valence-corrected chi connectivity index (χ1v) is 5.28. The highest BCUT2D eigenvalue weighted by molar-refractivity contribution is 5.94. The Morgan fingerprint density at radius 2 is 1.06 bits per heavy atom. The second-order valence-electron chi connectivity index (χ2n) is 4.03. The van der Waals surface area contributed by atoms with Gasteiger partial charge in [-0.05, 0) is 49.2 Å². The molecule has 2 heteroatoms. The van der Waals surface area contributed by atoms with E-state index in [-0.39, 0.29) is 0 Å². The molecule has 0 aromatic heterocycles. The van der Waals surface area contributed by atoms with Gasteiger partial charge in [-0.2, -0.15) is 0 Å². The van der Waals surface area contributed by atoms with E-state index < -0.39 is 0 Å². The van der Waals surface area contributed by atoms with Crippen molar-refractivity contribution in [2.24, 2.45) is 0 Å².